The van der Waals surface area contributed by atoms with Crippen LogP contribution < -0.4 is 0 Å². The zero-order valence-electron chi connectivity index (χ0n) is 9.30. The number of nitrogens with zero attached hydrogens (tertiary/aromatic N) is 1. The highest BCUT2D eigenvalue weighted by atomic mass is 16.8. The zero-order chi connectivity index (χ0) is 12.8. The van der Waals surface area contributed by atoms with E-state index in [-0.39, 0.29) is 5.06 Å². The van der Waals surface area contributed by atoms with Gasteiger partial charge in [0.25, 0.3) is 11.8 Å². The first kappa shape index (κ1) is 11.8. The molecule has 7 nitrogen and oxygen atoms in total. The van der Waals surface area contributed by atoms with Crippen molar-refractivity contribution in [2.45, 2.75) is 38.2 Å². The lowest BCUT2D eigenvalue weighted by atomic mass is 9.59. The predicted molar refractivity (Wildman–Crippen MR) is 52.5 cm³/mol. The average molecular weight is 243 g/mol. The van der Waals surface area contributed by atoms with Crippen molar-refractivity contribution in [2.75, 3.05) is 0 Å². The Kier molecular flexibility index (Phi) is 2.39. The molecule has 0 aromatic rings. The van der Waals surface area contributed by atoms with Crippen LogP contribution in [-0.2, 0) is 14.4 Å². The molecular weight excluding hydrogens is 230 g/mol. The SMILES string of the molecule is CC1(C2(O)CC(=O)N(OC(=O)O)C2=O)CCC1. The third-order valence-electron chi connectivity index (χ3n) is 3.80. The van der Waals surface area contributed by atoms with Crippen molar-refractivity contribution in [3.05, 3.63) is 0 Å². The second kappa shape index (κ2) is 3.43. The van der Waals surface area contributed by atoms with Gasteiger partial charge in [0.05, 0.1) is 6.42 Å². The van der Waals surface area contributed by atoms with Gasteiger partial charge in [-0.25, -0.2) is 4.79 Å². The Hall–Kier alpha value is -1.63. The molecule has 1 aliphatic carbocycles. The fraction of sp³-hybridized carbons (Fsp3) is 0.700. The molecule has 1 unspecified atom stereocenters. The van der Waals surface area contributed by atoms with Gasteiger partial charge in [-0.3, -0.25) is 14.4 Å². The number of hydrogen-bond donors (Lipinski definition) is 2. The van der Waals surface area contributed by atoms with Crippen LogP contribution in [0.4, 0.5) is 4.79 Å². The molecule has 0 bridgehead atoms. The molecule has 0 aromatic carbocycles. The molecule has 1 atom stereocenters. The molecule has 1 heterocycles. The second-order valence-electron chi connectivity index (χ2n) is 4.80. The molecule has 2 fully saturated rings. The summed E-state index contributed by atoms with van der Waals surface area (Å²) in [5, 5.41) is 18.9. The van der Waals surface area contributed by atoms with E-state index >= 15 is 0 Å². The van der Waals surface area contributed by atoms with E-state index in [0.717, 1.165) is 6.42 Å². The molecule has 0 spiro atoms. The van der Waals surface area contributed by atoms with Gasteiger partial charge in [-0.15, -0.1) is 0 Å². The molecule has 1 saturated heterocycles. The van der Waals surface area contributed by atoms with Gasteiger partial charge in [0.2, 0.25) is 0 Å². The van der Waals surface area contributed by atoms with Gasteiger partial charge in [-0.1, -0.05) is 18.4 Å². The highest BCUT2D eigenvalue weighted by molar-refractivity contribution is 6.07. The number of imide groups is 1. The van der Waals surface area contributed by atoms with Crippen LogP contribution in [0.3, 0.4) is 0 Å². The van der Waals surface area contributed by atoms with E-state index in [1.165, 1.54) is 0 Å². The third-order valence-corrected chi connectivity index (χ3v) is 3.80. The molecule has 7 heteroatoms. The Morgan fingerprint density at radius 3 is 2.41 bits per heavy atom. The summed E-state index contributed by atoms with van der Waals surface area (Å²) in [6.07, 6.45) is -0.0440. The van der Waals surface area contributed by atoms with Gasteiger partial charge in [0.15, 0.2) is 5.60 Å². The molecule has 17 heavy (non-hydrogen) atoms. The van der Waals surface area contributed by atoms with E-state index in [1.807, 2.05) is 0 Å². The largest absolute Gasteiger partial charge is 0.531 e. The number of aliphatic hydroxyl groups is 1. The van der Waals surface area contributed by atoms with E-state index in [2.05, 4.69) is 4.84 Å². The number of carboxylic acid groups (broad SMARTS) is 1. The van der Waals surface area contributed by atoms with Crippen LogP contribution in [0.5, 0.6) is 0 Å². The second-order valence-corrected chi connectivity index (χ2v) is 4.80. The lowest BCUT2D eigenvalue weighted by molar-refractivity contribution is -0.190. The number of amides is 2. The molecule has 0 radical (unpaired) electrons. The van der Waals surface area contributed by atoms with Crippen LogP contribution in [0.2, 0.25) is 0 Å². The van der Waals surface area contributed by atoms with Gasteiger partial charge in [-0.05, 0) is 12.8 Å². The molecule has 1 aliphatic heterocycles. The molecule has 2 rings (SSSR count). The van der Waals surface area contributed by atoms with Crippen molar-refractivity contribution in [3.8, 4) is 0 Å². The van der Waals surface area contributed by atoms with Crippen molar-refractivity contribution in [1.82, 2.24) is 5.06 Å². The minimum atomic E-state index is -1.84. The summed E-state index contributed by atoms with van der Waals surface area (Å²) in [6, 6.07) is 0. The van der Waals surface area contributed by atoms with E-state index in [4.69, 9.17) is 5.11 Å². The minimum absolute atomic E-state index is 0.145. The smallest absolute Gasteiger partial charge is 0.448 e. The monoisotopic (exact) mass is 243 g/mol. The van der Waals surface area contributed by atoms with E-state index in [0.29, 0.717) is 12.8 Å². The summed E-state index contributed by atoms with van der Waals surface area (Å²) in [7, 11) is 0. The maximum Gasteiger partial charge on any atom is 0.531 e. The molecule has 2 N–H and O–H groups in total. The lowest BCUT2D eigenvalue weighted by Gasteiger charge is -2.47. The van der Waals surface area contributed by atoms with Crippen molar-refractivity contribution in [3.63, 3.8) is 0 Å². The van der Waals surface area contributed by atoms with Crippen LogP contribution in [0.1, 0.15) is 32.6 Å². The van der Waals surface area contributed by atoms with Crippen LogP contribution in [-0.4, -0.2) is 38.8 Å². The fourth-order valence-corrected chi connectivity index (χ4v) is 2.41. The maximum atomic E-state index is 11.9. The molecule has 2 aliphatic rings. The summed E-state index contributed by atoms with van der Waals surface area (Å²) in [5.74, 6) is -1.81. The van der Waals surface area contributed by atoms with Crippen molar-refractivity contribution in [1.29, 1.82) is 0 Å². The van der Waals surface area contributed by atoms with E-state index in [9.17, 15) is 19.5 Å². The minimum Gasteiger partial charge on any atom is -0.448 e. The summed E-state index contributed by atoms with van der Waals surface area (Å²) in [5.41, 5.74) is -2.51. The van der Waals surface area contributed by atoms with Crippen molar-refractivity contribution >= 4 is 18.0 Å². The van der Waals surface area contributed by atoms with Crippen LogP contribution in [0.25, 0.3) is 0 Å². The average Bonchev–Trinajstić information content (AvgIpc) is 2.39. The Morgan fingerprint density at radius 1 is 1.41 bits per heavy atom. The molecule has 1 saturated carbocycles. The summed E-state index contributed by atoms with van der Waals surface area (Å²) in [4.78, 5) is 37.8. The summed E-state index contributed by atoms with van der Waals surface area (Å²) in [6.45, 7) is 1.71. The Labute approximate surface area is 96.9 Å². The third kappa shape index (κ3) is 1.49. The Balaban J connectivity index is 2.25. The lowest BCUT2D eigenvalue weighted by Crippen LogP contribution is -2.55. The van der Waals surface area contributed by atoms with Gasteiger partial charge in [0, 0.05) is 5.41 Å². The standard InChI is InChI=1S/C10H13NO6/c1-9(3-2-4-9)10(16)5-6(12)11(7(10)13)17-8(14)15/h16H,2-5H2,1H3,(H,14,15). The number of carbonyl (C=O) groups is 3. The van der Waals surface area contributed by atoms with Gasteiger partial charge < -0.3 is 10.2 Å². The molecule has 0 aromatic heterocycles. The van der Waals surface area contributed by atoms with Gasteiger partial charge in [0.1, 0.15) is 0 Å². The van der Waals surface area contributed by atoms with Gasteiger partial charge in [-0.2, -0.15) is 0 Å². The number of hydroxylamine groups is 2. The van der Waals surface area contributed by atoms with Crippen LogP contribution in [0.15, 0.2) is 0 Å². The topological polar surface area (TPSA) is 104 Å². The van der Waals surface area contributed by atoms with E-state index in [1.54, 1.807) is 6.92 Å². The Morgan fingerprint density at radius 2 is 2.00 bits per heavy atom. The summed E-state index contributed by atoms with van der Waals surface area (Å²) < 4.78 is 0. The predicted octanol–water partition coefficient (Wildman–Crippen LogP) is 0.276. The number of rotatable bonds is 2. The normalized spacial score (nSPS) is 31.3. The molecule has 94 valence electrons. The zero-order valence-corrected chi connectivity index (χ0v) is 9.30. The first-order valence-corrected chi connectivity index (χ1v) is 5.31. The molecule has 2 amide bonds. The molecular formula is C10H13NO6. The Bertz CT molecular complexity index is 402. The first-order valence-electron chi connectivity index (χ1n) is 5.31. The first-order chi connectivity index (χ1) is 7.80. The van der Waals surface area contributed by atoms with E-state index < -0.39 is 35.4 Å². The van der Waals surface area contributed by atoms with Crippen molar-refractivity contribution < 1.29 is 29.4 Å². The quantitative estimate of drug-likeness (QED) is 0.675. The fourth-order valence-electron chi connectivity index (χ4n) is 2.41. The number of hydrogen-bond acceptors (Lipinski definition) is 5. The maximum absolute atomic E-state index is 11.9. The van der Waals surface area contributed by atoms with Crippen LogP contribution in [0, 0.1) is 5.41 Å². The van der Waals surface area contributed by atoms with Crippen LogP contribution >= 0.6 is 0 Å². The highest BCUT2D eigenvalue weighted by Gasteiger charge is 2.63. The summed E-state index contributed by atoms with van der Waals surface area (Å²) >= 11 is 0. The number of carbonyl (C=O) groups excluding carboxylic acids is 2. The van der Waals surface area contributed by atoms with Crippen molar-refractivity contribution in [2.24, 2.45) is 5.41 Å². The highest BCUT2D eigenvalue weighted by Crippen LogP contribution is 2.53. The van der Waals surface area contributed by atoms with Gasteiger partial charge >= 0.3 is 6.16 Å².